The Hall–Kier alpha value is -2.52. The first-order valence-electron chi connectivity index (χ1n) is 12.8. The minimum absolute atomic E-state index is 0.00684. The summed E-state index contributed by atoms with van der Waals surface area (Å²) in [4.78, 5) is 55.1. The van der Waals surface area contributed by atoms with E-state index in [1.165, 1.54) is 14.0 Å². The van der Waals surface area contributed by atoms with E-state index in [2.05, 4.69) is 0 Å². The van der Waals surface area contributed by atoms with Crippen molar-refractivity contribution in [3.8, 4) is 0 Å². The van der Waals surface area contributed by atoms with Gasteiger partial charge in [0, 0.05) is 49.7 Å². The van der Waals surface area contributed by atoms with Crippen LogP contribution in [0.5, 0.6) is 0 Å². The lowest BCUT2D eigenvalue weighted by Gasteiger charge is -2.56. The van der Waals surface area contributed by atoms with Crippen LogP contribution in [0.1, 0.15) is 53.9 Å². The van der Waals surface area contributed by atoms with E-state index < -0.39 is 58.6 Å². The fraction of sp³-hybridized carbons (Fsp3) is 0.704. The fourth-order valence-corrected chi connectivity index (χ4v) is 7.09. The second kappa shape index (κ2) is 9.41. The van der Waals surface area contributed by atoms with Gasteiger partial charge in [-0.3, -0.25) is 14.4 Å². The normalized spacial score (nSPS) is 38.9. The molecular weight excluding hydrogens is 466 g/mol. The maximum Gasteiger partial charge on any atom is 0.336 e. The number of methoxy groups -OCH3 is 1. The first kappa shape index (κ1) is 26.5. The van der Waals surface area contributed by atoms with Gasteiger partial charge in [-0.15, -0.1) is 0 Å². The summed E-state index contributed by atoms with van der Waals surface area (Å²) in [5.41, 5.74) is -0.918. The Balaban J connectivity index is 2.01. The van der Waals surface area contributed by atoms with Gasteiger partial charge < -0.3 is 24.2 Å². The number of cyclic esters (lactones) is 1. The van der Waals surface area contributed by atoms with Crippen molar-refractivity contribution in [3.63, 3.8) is 0 Å². The van der Waals surface area contributed by atoms with E-state index in [0.717, 1.165) is 0 Å². The quantitative estimate of drug-likeness (QED) is 0.330. The number of aliphatic hydroxyl groups is 1. The molecule has 4 aliphatic rings. The molecule has 198 valence electrons. The van der Waals surface area contributed by atoms with E-state index in [0.29, 0.717) is 43.5 Å². The second-order valence-corrected chi connectivity index (χ2v) is 10.8. The molecule has 1 heterocycles. The summed E-state index contributed by atoms with van der Waals surface area (Å²) in [7, 11) is 1.48. The Morgan fingerprint density at radius 1 is 1.19 bits per heavy atom. The Bertz CT molecular complexity index is 1040. The molecule has 1 unspecified atom stereocenters. The molecule has 4 rings (SSSR count). The van der Waals surface area contributed by atoms with Crippen molar-refractivity contribution in [2.45, 2.75) is 72.2 Å². The fourth-order valence-electron chi connectivity index (χ4n) is 7.09. The van der Waals surface area contributed by atoms with Crippen molar-refractivity contribution >= 4 is 23.5 Å². The summed E-state index contributed by atoms with van der Waals surface area (Å²) < 4.78 is 17.1. The van der Waals surface area contributed by atoms with E-state index in [9.17, 15) is 24.3 Å². The maximum atomic E-state index is 13.9. The SMILES string of the molecule is CCN(C=C1C(=O)O[C@H](COC)[C@]2(C)C3=C(C(=O)C(=O)C12)[C@@H]1CC[C@H](O)[C@@]1(C)C[C@H]3OC(C)=O)CC. The Kier molecular flexibility index (Phi) is 6.94. The molecule has 36 heavy (non-hydrogen) atoms. The van der Waals surface area contributed by atoms with Crippen molar-refractivity contribution in [1.82, 2.24) is 4.90 Å². The maximum absolute atomic E-state index is 13.9. The third-order valence-electron chi connectivity index (χ3n) is 9.01. The molecule has 0 amide bonds. The predicted molar refractivity (Wildman–Crippen MR) is 128 cm³/mol. The molecule has 9 heteroatoms. The first-order valence-corrected chi connectivity index (χ1v) is 12.8. The molecule has 1 saturated carbocycles. The van der Waals surface area contributed by atoms with Crippen LogP contribution in [-0.4, -0.2) is 78.6 Å². The zero-order valence-corrected chi connectivity index (χ0v) is 22.0. The Morgan fingerprint density at radius 2 is 1.86 bits per heavy atom. The lowest BCUT2D eigenvalue weighted by molar-refractivity contribution is -0.175. The van der Waals surface area contributed by atoms with Gasteiger partial charge in [0.25, 0.3) is 0 Å². The minimum atomic E-state index is -1.17. The van der Waals surface area contributed by atoms with Gasteiger partial charge in [0.1, 0.15) is 12.2 Å². The summed E-state index contributed by atoms with van der Waals surface area (Å²) in [6, 6.07) is 0. The number of hydrogen-bond donors (Lipinski definition) is 1. The van der Waals surface area contributed by atoms with E-state index >= 15 is 0 Å². The third-order valence-corrected chi connectivity index (χ3v) is 9.01. The molecule has 7 atom stereocenters. The van der Waals surface area contributed by atoms with E-state index in [4.69, 9.17) is 14.2 Å². The molecule has 9 nitrogen and oxygen atoms in total. The molecule has 1 N–H and O–H groups in total. The van der Waals surface area contributed by atoms with Crippen LogP contribution in [-0.2, 0) is 33.4 Å². The topological polar surface area (TPSA) is 119 Å². The van der Waals surface area contributed by atoms with Crippen molar-refractivity contribution < 1.29 is 38.5 Å². The Labute approximate surface area is 211 Å². The van der Waals surface area contributed by atoms with Crippen molar-refractivity contribution in [1.29, 1.82) is 0 Å². The highest BCUT2D eigenvalue weighted by atomic mass is 16.6. The van der Waals surface area contributed by atoms with Crippen LogP contribution in [0, 0.1) is 22.7 Å². The molecule has 1 saturated heterocycles. The average Bonchev–Trinajstić information content (AvgIpc) is 3.11. The molecule has 0 radical (unpaired) electrons. The standard InChI is InChI=1S/C27H37NO8/c1-7-28(8-2)12-15-21-24(32)23(31)20-16-9-10-18(30)26(16,4)11-17(35-14(3)29)22(20)27(21,5)19(13-34-6)36-25(15)33/h12,16-19,21,30H,7-11,13H2,1-6H3/t16-,17+,18-,19+,21?,26-,27-/m0/s1. The van der Waals surface area contributed by atoms with Crippen LogP contribution in [0.15, 0.2) is 22.9 Å². The van der Waals surface area contributed by atoms with Gasteiger partial charge in [0.2, 0.25) is 11.6 Å². The van der Waals surface area contributed by atoms with Crippen LogP contribution in [0.3, 0.4) is 0 Å². The van der Waals surface area contributed by atoms with Crippen LogP contribution < -0.4 is 0 Å². The minimum Gasteiger partial charge on any atom is -0.458 e. The zero-order valence-electron chi connectivity index (χ0n) is 22.0. The number of aliphatic hydroxyl groups excluding tert-OH is 1. The van der Waals surface area contributed by atoms with Gasteiger partial charge in [-0.05, 0) is 44.6 Å². The van der Waals surface area contributed by atoms with Crippen LogP contribution in [0.4, 0.5) is 0 Å². The molecule has 2 fully saturated rings. The molecule has 0 spiro atoms. The van der Waals surface area contributed by atoms with Gasteiger partial charge >= 0.3 is 11.9 Å². The Morgan fingerprint density at radius 3 is 2.44 bits per heavy atom. The van der Waals surface area contributed by atoms with Gasteiger partial charge in [0.15, 0.2) is 0 Å². The monoisotopic (exact) mass is 503 g/mol. The number of nitrogens with zero attached hydrogens (tertiary/aromatic N) is 1. The van der Waals surface area contributed by atoms with Gasteiger partial charge in [-0.2, -0.15) is 0 Å². The van der Waals surface area contributed by atoms with E-state index in [1.807, 2.05) is 32.6 Å². The van der Waals surface area contributed by atoms with Crippen LogP contribution in [0.25, 0.3) is 0 Å². The molecule has 0 aromatic carbocycles. The number of esters is 2. The number of ether oxygens (including phenoxy) is 3. The summed E-state index contributed by atoms with van der Waals surface area (Å²) in [6.45, 7) is 10.1. The summed E-state index contributed by atoms with van der Waals surface area (Å²) in [6.07, 6.45) is 0.546. The number of rotatable bonds is 6. The van der Waals surface area contributed by atoms with Crippen molar-refractivity contribution in [2.24, 2.45) is 22.7 Å². The molecule has 0 aromatic rings. The van der Waals surface area contributed by atoms with Crippen LogP contribution >= 0.6 is 0 Å². The first-order chi connectivity index (χ1) is 16.9. The summed E-state index contributed by atoms with van der Waals surface area (Å²) in [5.74, 6) is -3.97. The number of carbonyl (C=O) groups is 4. The number of hydrogen-bond acceptors (Lipinski definition) is 9. The average molecular weight is 504 g/mol. The lowest BCUT2D eigenvalue weighted by Crippen LogP contribution is -2.63. The molecule has 0 aromatic heterocycles. The van der Waals surface area contributed by atoms with E-state index in [-0.39, 0.29) is 18.1 Å². The highest BCUT2D eigenvalue weighted by molar-refractivity contribution is 6.47. The summed E-state index contributed by atoms with van der Waals surface area (Å²) in [5, 5.41) is 10.9. The number of allylic oxidation sites excluding steroid dienone is 1. The smallest absolute Gasteiger partial charge is 0.336 e. The molecular formula is C27H37NO8. The number of Topliss-reactive ketones (excluding diaryl/α,β-unsaturated/α-hetero) is 2. The number of fused-ring (bicyclic) bond motifs is 4. The lowest BCUT2D eigenvalue weighted by atomic mass is 9.50. The number of ketones is 2. The van der Waals surface area contributed by atoms with E-state index in [1.54, 1.807) is 6.20 Å². The van der Waals surface area contributed by atoms with Crippen molar-refractivity contribution in [2.75, 3.05) is 26.8 Å². The second-order valence-electron chi connectivity index (χ2n) is 10.8. The zero-order chi connectivity index (χ0) is 26.6. The summed E-state index contributed by atoms with van der Waals surface area (Å²) >= 11 is 0. The highest BCUT2D eigenvalue weighted by Gasteiger charge is 2.67. The molecule has 0 bridgehead atoms. The van der Waals surface area contributed by atoms with Crippen LogP contribution in [0.2, 0.25) is 0 Å². The largest absolute Gasteiger partial charge is 0.458 e. The van der Waals surface area contributed by atoms with Gasteiger partial charge in [-0.25, -0.2) is 4.79 Å². The van der Waals surface area contributed by atoms with Gasteiger partial charge in [0.05, 0.1) is 24.2 Å². The third kappa shape index (κ3) is 3.74. The predicted octanol–water partition coefficient (Wildman–Crippen LogP) is 1.97. The van der Waals surface area contributed by atoms with Crippen molar-refractivity contribution in [3.05, 3.63) is 22.9 Å². The number of carbonyl (C=O) groups excluding carboxylic acids is 4. The molecule has 1 aliphatic heterocycles. The highest BCUT2D eigenvalue weighted by Crippen LogP contribution is 2.63. The van der Waals surface area contributed by atoms with Gasteiger partial charge in [-0.1, -0.05) is 13.8 Å². The molecule has 3 aliphatic carbocycles.